The monoisotopic (exact) mass is 248 g/mol. The summed E-state index contributed by atoms with van der Waals surface area (Å²) in [6, 6.07) is 5.88. The van der Waals surface area contributed by atoms with E-state index in [4.69, 9.17) is 10.2 Å². The minimum atomic E-state index is -1.30. The molecular formula is C12H12N2O4. The second-order valence-corrected chi connectivity index (χ2v) is 3.79. The summed E-state index contributed by atoms with van der Waals surface area (Å²) in [5.74, 6) is -1.81. The van der Waals surface area contributed by atoms with E-state index in [-0.39, 0.29) is 0 Å². The molecule has 0 aliphatic heterocycles. The van der Waals surface area contributed by atoms with Gasteiger partial charge in [-0.25, -0.2) is 4.79 Å². The van der Waals surface area contributed by atoms with Gasteiger partial charge in [-0.2, -0.15) is 0 Å². The van der Waals surface area contributed by atoms with E-state index in [1.807, 2.05) is 12.1 Å². The zero-order chi connectivity index (χ0) is 13.1. The van der Waals surface area contributed by atoms with Crippen LogP contribution in [0.4, 0.5) is 0 Å². The predicted molar refractivity (Wildman–Crippen MR) is 64.3 cm³/mol. The van der Waals surface area contributed by atoms with Crippen molar-refractivity contribution in [1.82, 2.24) is 10.3 Å². The van der Waals surface area contributed by atoms with Crippen LogP contribution in [0.15, 0.2) is 30.5 Å². The van der Waals surface area contributed by atoms with Gasteiger partial charge in [0.1, 0.15) is 0 Å². The van der Waals surface area contributed by atoms with Gasteiger partial charge in [0.2, 0.25) is 0 Å². The maximum atomic E-state index is 11.9. The topological polar surface area (TPSA) is 102 Å². The Morgan fingerprint density at radius 1 is 1.33 bits per heavy atom. The highest BCUT2D eigenvalue weighted by Gasteiger charge is 2.21. The number of aromatic nitrogens is 1. The number of aliphatic hydroxyl groups excluding tert-OH is 1. The number of carboxylic acid groups (broad SMARTS) is 1. The Morgan fingerprint density at radius 2 is 2.06 bits per heavy atom. The molecule has 0 saturated carbocycles. The number of carbonyl (C=O) groups excluding carboxylic acids is 1. The molecule has 0 aliphatic carbocycles. The lowest BCUT2D eigenvalue weighted by molar-refractivity contribution is -0.140. The lowest BCUT2D eigenvalue weighted by atomic mass is 10.1. The van der Waals surface area contributed by atoms with Gasteiger partial charge in [0.15, 0.2) is 6.04 Å². The van der Waals surface area contributed by atoms with Gasteiger partial charge in [0, 0.05) is 17.1 Å². The smallest absolute Gasteiger partial charge is 0.328 e. The Morgan fingerprint density at radius 3 is 2.72 bits per heavy atom. The molecule has 94 valence electrons. The zero-order valence-corrected chi connectivity index (χ0v) is 9.38. The quantitative estimate of drug-likeness (QED) is 0.626. The largest absolute Gasteiger partial charge is 0.480 e. The standard InChI is InChI=1S/C12H12N2O4/c15-6-10(12(17)18)14-11(16)8-5-13-9-4-2-1-3-7(8)9/h1-5,10,13,15H,6H2,(H,14,16)(H,17,18)/t10-/m1/s1. The first-order valence-corrected chi connectivity index (χ1v) is 5.34. The van der Waals surface area contributed by atoms with Crippen molar-refractivity contribution in [2.75, 3.05) is 6.61 Å². The molecule has 0 bridgehead atoms. The molecule has 0 saturated heterocycles. The molecule has 1 aromatic heterocycles. The van der Waals surface area contributed by atoms with Crippen molar-refractivity contribution in [3.05, 3.63) is 36.0 Å². The number of fused-ring (bicyclic) bond motifs is 1. The van der Waals surface area contributed by atoms with Gasteiger partial charge in [-0.05, 0) is 6.07 Å². The fourth-order valence-electron chi connectivity index (χ4n) is 1.68. The van der Waals surface area contributed by atoms with Crippen LogP contribution in [0.2, 0.25) is 0 Å². The third-order valence-electron chi connectivity index (χ3n) is 2.62. The number of H-pyrrole nitrogens is 1. The number of carboxylic acids is 1. The summed E-state index contributed by atoms with van der Waals surface area (Å²) in [6.07, 6.45) is 1.51. The summed E-state index contributed by atoms with van der Waals surface area (Å²) in [5, 5.41) is 20.6. The maximum Gasteiger partial charge on any atom is 0.328 e. The van der Waals surface area contributed by atoms with Crippen molar-refractivity contribution in [2.24, 2.45) is 0 Å². The Labute approximate surface area is 102 Å². The number of amides is 1. The van der Waals surface area contributed by atoms with E-state index in [2.05, 4.69) is 10.3 Å². The van der Waals surface area contributed by atoms with Gasteiger partial charge >= 0.3 is 5.97 Å². The number of rotatable bonds is 4. The van der Waals surface area contributed by atoms with Crippen LogP contribution in [0.3, 0.4) is 0 Å². The molecule has 18 heavy (non-hydrogen) atoms. The number of carbonyl (C=O) groups is 2. The van der Waals surface area contributed by atoms with E-state index in [1.165, 1.54) is 6.20 Å². The molecular weight excluding hydrogens is 236 g/mol. The van der Waals surface area contributed by atoms with Crippen LogP contribution in [0.5, 0.6) is 0 Å². The lowest BCUT2D eigenvalue weighted by Crippen LogP contribution is -2.43. The lowest BCUT2D eigenvalue weighted by Gasteiger charge is -2.10. The van der Waals surface area contributed by atoms with Crippen molar-refractivity contribution >= 4 is 22.8 Å². The van der Waals surface area contributed by atoms with E-state index in [1.54, 1.807) is 12.1 Å². The molecule has 0 unspecified atom stereocenters. The first-order chi connectivity index (χ1) is 8.63. The summed E-state index contributed by atoms with van der Waals surface area (Å²) >= 11 is 0. The van der Waals surface area contributed by atoms with Crippen molar-refractivity contribution in [1.29, 1.82) is 0 Å². The Hall–Kier alpha value is -2.34. The summed E-state index contributed by atoms with van der Waals surface area (Å²) in [6.45, 7) is -0.649. The second-order valence-electron chi connectivity index (χ2n) is 3.79. The number of para-hydroxylation sites is 1. The molecule has 6 nitrogen and oxygen atoms in total. The normalized spacial score (nSPS) is 12.3. The first-order valence-electron chi connectivity index (χ1n) is 5.34. The average molecular weight is 248 g/mol. The molecule has 0 spiro atoms. The fourth-order valence-corrected chi connectivity index (χ4v) is 1.68. The molecule has 6 heteroatoms. The third-order valence-corrected chi connectivity index (χ3v) is 2.62. The summed E-state index contributed by atoms with van der Waals surface area (Å²) in [5.41, 5.74) is 1.14. The maximum absolute atomic E-state index is 11.9. The second kappa shape index (κ2) is 4.89. The first kappa shape index (κ1) is 12.1. The molecule has 1 heterocycles. The van der Waals surface area contributed by atoms with Crippen LogP contribution in [-0.4, -0.2) is 39.7 Å². The number of hydrogen-bond acceptors (Lipinski definition) is 3. The molecule has 1 amide bonds. The number of aliphatic hydroxyl groups is 1. The fraction of sp³-hybridized carbons (Fsp3) is 0.167. The van der Waals surface area contributed by atoms with Gasteiger partial charge in [-0.15, -0.1) is 0 Å². The highest BCUT2D eigenvalue weighted by Crippen LogP contribution is 2.17. The van der Waals surface area contributed by atoms with E-state index in [0.29, 0.717) is 10.9 Å². The van der Waals surface area contributed by atoms with Crippen molar-refractivity contribution in [3.63, 3.8) is 0 Å². The molecule has 0 aliphatic rings. The number of aliphatic carboxylic acids is 1. The Balaban J connectivity index is 2.26. The van der Waals surface area contributed by atoms with Gasteiger partial charge in [-0.1, -0.05) is 18.2 Å². The number of nitrogens with one attached hydrogen (secondary N) is 2. The molecule has 0 fully saturated rings. The van der Waals surface area contributed by atoms with Crippen LogP contribution in [0, 0.1) is 0 Å². The molecule has 2 rings (SSSR count). The zero-order valence-electron chi connectivity index (χ0n) is 9.38. The Bertz CT molecular complexity index is 591. The van der Waals surface area contributed by atoms with Crippen LogP contribution in [-0.2, 0) is 4.79 Å². The van der Waals surface area contributed by atoms with Crippen LogP contribution >= 0.6 is 0 Å². The van der Waals surface area contributed by atoms with Crippen LogP contribution in [0.25, 0.3) is 10.9 Å². The summed E-state index contributed by atoms with van der Waals surface area (Å²) in [4.78, 5) is 25.5. The predicted octanol–water partition coefficient (Wildman–Crippen LogP) is 0.343. The van der Waals surface area contributed by atoms with Crippen LogP contribution < -0.4 is 5.32 Å². The molecule has 0 radical (unpaired) electrons. The molecule has 1 atom stereocenters. The highest BCUT2D eigenvalue weighted by atomic mass is 16.4. The van der Waals surface area contributed by atoms with Gasteiger partial charge in [0.05, 0.1) is 12.2 Å². The molecule has 1 aromatic carbocycles. The average Bonchev–Trinajstić information content (AvgIpc) is 2.79. The van der Waals surface area contributed by atoms with E-state index in [0.717, 1.165) is 5.52 Å². The number of hydrogen-bond donors (Lipinski definition) is 4. The Kier molecular flexibility index (Phi) is 3.29. The third kappa shape index (κ3) is 2.18. The van der Waals surface area contributed by atoms with E-state index in [9.17, 15) is 9.59 Å². The highest BCUT2D eigenvalue weighted by molar-refractivity contribution is 6.07. The van der Waals surface area contributed by atoms with Crippen molar-refractivity contribution in [3.8, 4) is 0 Å². The van der Waals surface area contributed by atoms with Crippen molar-refractivity contribution in [2.45, 2.75) is 6.04 Å². The molecule has 2 aromatic rings. The minimum absolute atomic E-state index is 0.352. The van der Waals surface area contributed by atoms with Gasteiger partial charge in [-0.3, -0.25) is 4.79 Å². The van der Waals surface area contributed by atoms with Gasteiger partial charge in [0.25, 0.3) is 5.91 Å². The molecule has 4 N–H and O–H groups in total. The number of benzene rings is 1. The van der Waals surface area contributed by atoms with Crippen molar-refractivity contribution < 1.29 is 19.8 Å². The summed E-state index contributed by atoms with van der Waals surface area (Å²) in [7, 11) is 0. The SMILES string of the molecule is O=C(N[C@H](CO)C(=O)O)c1c[nH]c2ccccc12. The minimum Gasteiger partial charge on any atom is -0.480 e. The van der Waals surface area contributed by atoms with E-state index >= 15 is 0 Å². The number of aromatic amines is 1. The summed E-state index contributed by atoms with van der Waals surface area (Å²) < 4.78 is 0. The van der Waals surface area contributed by atoms with Gasteiger partial charge < -0.3 is 20.5 Å². The van der Waals surface area contributed by atoms with E-state index < -0.39 is 24.5 Å². The van der Waals surface area contributed by atoms with Crippen LogP contribution in [0.1, 0.15) is 10.4 Å².